The second-order valence-corrected chi connectivity index (χ2v) is 7.57. The summed E-state index contributed by atoms with van der Waals surface area (Å²) in [5, 5.41) is 19.3. The summed E-state index contributed by atoms with van der Waals surface area (Å²) in [5.74, 6) is 3.46. The number of piperidine rings is 1. The Bertz CT molecular complexity index is 1110. The van der Waals surface area contributed by atoms with Crippen LogP contribution in [0.3, 0.4) is 0 Å². The molecule has 0 bridgehead atoms. The molecule has 2 unspecified atom stereocenters. The van der Waals surface area contributed by atoms with Gasteiger partial charge in [0.05, 0.1) is 0 Å². The molecule has 0 radical (unpaired) electrons. The van der Waals surface area contributed by atoms with E-state index in [-0.39, 0.29) is 11.4 Å². The van der Waals surface area contributed by atoms with E-state index in [1.165, 1.54) is 0 Å². The quantitative estimate of drug-likeness (QED) is 0.625. The van der Waals surface area contributed by atoms with Gasteiger partial charge in [-0.05, 0) is 0 Å². The molecule has 2 atom stereocenters. The van der Waals surface area contributed by atoms with Crippen LogP contribution < -0.4 is 10.1 Å². The summed E-state index contributed by atoms with van der Waals surface area (Å²) in [7, 11) is 0. The molecule has 2 aliphatic rings. The number of ether oxygens (including phenoxy) is 1. The molecule has 8 heteroatoms. The Balaban J connectivity index is 0.00000112. The Morgan fingerprint density at radius 3 is 2.87 bits per heavy atom. The number of H-pyrrole nitrogens is 1. The second-order valence-electron chi connectivity index (χ2n) is 7.57. The van der Waals surface area contributed by atoms with E-state index in [4.69, 9.17) is 10.00 Å². The number of hydrogen-bond donors (Lipinski definition) is 2. The first-order chi connectivity index (χ1) is 15.2. The van der Waals surface area contributed by atoms with Gasteiger partial charge < -0.3 is 0 Å². The molecule has 1 aliphatic heterocycles. The Morgan fingerprint density at radius 1 is 1.32 bits per heavy atom. The molecule has 2 N–H and O–H groups in total. The van der Waals surface area contributed by atoms with Gasteiger partial charge in [0.25, 0.3) is 0 Å². The zero-order valence-corrected chi connectivity index (χ0v) is 17.6. The molecule has 1 saturated carbocycles. The van der Waals surface area contributed by atoms with Gasteiger partial charge in [0.1, 0.15) is 0 Å². The molecule has 156 valence electrons. The zero-order valence-electron chi connectivity index (χ0n) is 17.6. The molecule has 31 heavy (non-hydrogen) atoms. The first-order valence-electron chi connectivity index (χ1n) is 10.5. The number of carbonyl (C=O) groups excluding carboxylic acids is 1. The van der Waals surface area contributed by atoms with Crippen LogP contribution in [0.5, 0.6) is 11.5 Å². The van der Waals surface area contributed by atoms with Crippen LogP contribution in [0.15, 0.2) is 54.5 Å². The molecule has 2 aromatic heterocycles. The van der Waals surface area contributed by atoms with Crippen molar-refractivity contribution < 1.29 is 9.53 Å². The number of benzene rings is 1. The molecule has 5 rings (SSSR count). The summed E-state index contributed by atoms with van der Waals surface area (Å²) < 4.78 is 6.00. The van der Waals surface area contributed by atoms with Crippen molar-refractivity contribution in [3.05, 3.63) is 60.2 Å². The normalized spacial score (nSPS) is 20.5. The third-order valence-corrected chi connectivity index (χ3v) is 5.61. The Kier molecular flexibility index (Phi) is 5.76. The van der Waals surface area contributed by atoms with E-state index < -0.39 is 0 Å². The van der Waals surface area contributed by atoms with Gasteiger partial charge in [-0.15, -0.1) is 0 Å². The fraction of sp³-hybridized carbons (Fsp3) is 0.304. The van der Waals surface area contributed by atoms with E-state index in [0.29, 0.717) is 29.6 Å². The van der Waals surface area contributed by atoms with E-state index in [1.54, 1.807) is 11.0 Å². The third-order valence-electron chi connectivity index (χ3n) is 5.61. The van der Waals surface area contributed by atoms with Crippen molar-refractivity contribution in [1.29, 1.82) is 5.26 Å². The van der Waals surface area contributed by atoms with Crippen LogP contribution in [-0.2, 0) is 0 Å². The minimum atomic E-state index is -0.271. The number of para-hydroxylation sites is 1. The van der Waals surface area contributed by atoms with Gasteiger partial charge in [-0.25, -0.2) is 0 Å². The van der Waals surface area contributed by atoms with Crippen LogP contribution in [-0.4, -0.2) is 46.5 Å². The number of likely N-dealkylation sites (tertiary alicyclic amines) is 1. The average Bonchev–Trinajstić information content (AvgIpc) is 3.15. The van der Waals surface area contributed by atoms with Crippen LogP contribution in [0, 0.1) is 17.4 Å². The molecule has 0 spiro atoms. The van der Waals surface area contributed by atoms with Crippen LogP contribution >= 0.6 is 0 Å². The number of carbonyl (C=O) groups is 1. The number of amides is 1. The van der Waals surface area contributed by atoms with Crippen molar-refractivity contribution in [3.8, 4) is 28.8 Å². The number of nitrogens with one attached hydrogen (secondary N) is 2. The molecule has 1 amide bonds. The monoisotopic (exact) mass is 413 g/mol. The number of hydrogen-bond acceptors (Lipinski definition) is 5. The number of aromatic nitrogens is 2. The van der Waals surface area contributed by atoms with E-state index in [1.807, 2.05) is 69.2 Å². The van der Waals surface area contributed by atoms with Gasteiger partial charge in [0, 0.05) is 0 Å². The van der Waals surface area contributed by atoms with Crippen molar-refractivity contribution in [1.82, 2.24) is 20.4 Å². The molecular formula is C23H24BN5O2. The van der Waals surface area contributed by atoms with Crippen molar-refractivity contribution in [2.45, 2.75) is 25.8 Å². The molecular weight excluding hydrogens is 389 g/mol. The maximum absolute atomic E-state index is 12.7. The molecule has 3 aromatic rings. The van der Waals surface area contributed by atoms with Gasteiger partial charge in [-0.3, -0.25) is 0 Å². The summed E-state index contributed by atoms with van der Waals surface area (Å²) in [6.07, 6.45) is 3.08. The van der Waals surface area contributed by atoms with Crippen molar-refractivity contribution >= 4 is 12.8 Å². The van der Waals surface area contributed by atoms with Gasteiger partial charge in [0.15, 0.2) is 0 Å². The Labute approximate surface area is 182 Å². The van der Waals surface area contributed by atoms with E-state index in [0.717, 1.165) is 24.2 Å². The SMILES string of the molecule is CC.N#CN1CC2CC2(NC(=O)c2cc(-c3bcccc3Oc3ccccc3)n[nH]2)C1. The summed E-state index contributed by atoms with van der Waals surface area (Å²) in [4.78, 5) is 14.4. The van der Waals surface area contributed by atoms with E-state index in [9.17, 15) is 4.79 Å². The third kappa shape index (κ3) is 4.17. The van der Waals surface area contributed by atoms with Gasteiger partial charge in [-0.1, -0.05) is 13.8 Å². The van der Waals surface area contributed by atoms with Crippen molar-refractivity contribution in [2.75, 3.05) is 13.1 Å². The molecule has 1 aromatic carbocycles. The second kappa shape index (κ2) is 8.64. The summed E-state index contributed by atoms with van der Waals surface area (Å²) in [5.41, 5.74) is 1.55. The van der Waals surface area contributed by atoms with E-state index in [2.05, 4.69) is 21.7 Å². The van der Waals surface area contributed by atoms with Gasteiger partial charge in [-0.2, -0.15) is 0 Å². The fourth-order valence-electron chi connectivity index (χ4n) is 4.01. The number of fused-ring (bicyclic) bond motifs is 1. The van der Waals surface area contributed by atoms with E-state index >= 15 is 0 Å². The maximum atomic E-state index is 12.7. The number of aromatic amines is 1. The van der Waals surface area contributed by atoms with Crippen molar-refractivity contribution in [3.63, 3.8) is 0 Å². The predicted octanol–water partition coefficient (Wildman–Crippen LogP) is 3.52. The number of nitrogens with zero attached hydrogens (tertiary/aromatic N) is 3. The first kappa shape index (κ1) is 20.7. The standard InChI is InChI=1S/C21H18BN5O2.C2H6/c23-13-27-11-14-10-21(14,12-27)24-20(28)17-9-16(25-26-17)19-18(7-4-8-22-19)29-15-5-2-1-3-6-15;1-2/h1-9,14H,10-12H2,(H,24,28)(H,25,26);1-2H3. The molecule has 1 saturated heterocycles. The first-order valence-corrected chi connectivity index (χ1v) is 10.5. The number of rotatable bonds is 5. The van der Waals surface area contributed by atoms with Crippen LogP contribution in [0.2, 0.25) is 0 Å². The summed E-state index contributed by atoms with van der Waals surface area (Å²) >= 11 is 0. The fourth-order valence-corrected chi connectivity index (χ4v) is 4.01. The average molecular weight is 413 g/mol. The zero-order chi connectivity index (χ0) is 21.8. The van der Waals surface area contributed by atoms with Crippen LogP contribution in [0.1, 0.15) is 30.8 Å². The van der Waals surface area contributed by atoms with Gasteiger partial charge in [0.2, 0.25) is 0 Å². The molecule has 7 nitrogen and oxygen atoms in total. The number of nitriles is 1. The predicted molar refractivity (Wildman–Crippen MR) is 119 cm³/mol. The Morgan fingerprint density at radius 2 is 2.13 bits per heavy atom. The summed E-state index contributed by atoms with van der Waals surface area (Å²) in [6.45, 7) is 7.21. The topological polar surface area (TPSA) is 94.0 Å². The molecule has 2 fully saturated rings. The van der Waals surface area contributed by atoms with Crippen LogP contribution in [0.25, 0.3) is 11.2 Å². The molecule has 1 aliphatic carbocycles. The minimum absolute atomic E-state index is 0.201. The summed E-state index contributed by atoms with van der Waals surface area (Å²) in [6, 6.07) is 15.0. The Hall–Kier alpha value is -3.60. The van der Waals surface area contributed by atoms with Crippen LogP contribution in [0.4, 0.5) is 0 Å². The van der Waals surface area contributed by atoms with Gasteiger partial charge >= 0.3 is 168 Å². The van der Waals surface area contributed by atoms with Crippen molar-refractivity contribution in [2.24, 2.45) is 5.92 Å². The molecule has 3 heterocycles.